The van der Waals surface area contributed by atoms with Gasteiger partial charge in [0.25, 0.3) is 0 Å². The second kappa shape index (κ2) is 5.93. The van der Waals surface area contributed by atoms with Crippen molar-refractivity contribution in [3.05, 3.63) is 20.2 Å². The SMILES string of the molecule is Cc1sc(=O)n(CC(=O)N2CC[C@@H]3CNC[C@@H]3CC2)c1C. The van der Waals surface area contributed by atoms with Gasteiger partial charge in [0.1, 0.15) is 6.54 Å². The van der Waals surface area contributed by atoms with E-state index in [4.69, 9.17) is 0 Å². The lowest BCUT2D eigenvalue weighted by Gasteiger charge is -2.21. The van der Waals surface area contributed by atoms with Gasteiger partial charge in [-0.15, -0.1) is 0 Å². The van der Waals surface area contributed by atoms with Crippen LogP contribution in [-0.4, -0.2) is 41.6 Å². The van der Waals surface area contributed by atoms with Crippen LogP contribution in [0.4, 0.5) is 0 Å². The van der Waals surface area contributed by atoms with Gasteiger partial charge in [-0.25, -0.2) is 0 Å². The van der Waals surface area contributed by atoms with Crippen LogP contribution in [0.5, 0.6) is 0 Å². The predicted molar refractivity (Wildman–Crippen MR) is 83.7 cm³/mol. The maximum atomic E-state index is 12.5. The zero-order chi connectivity index (χ0) is 15.0. The molecular weight excluding hydrogens is 286 g/mol. The Morgan fingerprint density at radius 2 is 1.86 bits per heavy atom. The molecule has 1 N–H and O–H groups in total. The molecule has 0 aliphatic carbocycles. The first-order valence-corrected chi connectivity index (χ1v) is 8.53. The van der Waals surface area contributed by atoms with E-state index in [0.29, 0.717) is 0 Å². The van der Waals surface area contributed by atoms with Gasteiger partial charge in [0.15, 0.2) is 0 Å². The molecule has 0 radical (unpaired) electrons. The van der Waals surface area contributed by atoms with Crippen LogP contribution in [0.25, 0.3) is 0 Å². The minimum absolute atomic E-state index is 0.0192. The fourth-order valence-electron chi connectivity index (χ4n) is 3.47. The monoisotopic (exact) mass is 309 g/mol. The van der Waals surface area contributed by atoms with E-state index in [1.54, 1.807) is 4.57 Å². The number of thiazole rings is 1. The molecule has 1 aromatic heterocycles. The number of carbonyl (C=O) groups is 1. The Kier molecular flexibility index (Phi) is 4.17. The van der Waals surface area contributed by atoms with Gasteiger partial charge >= 0.3 is 4.87 Å². The normalized spacial score (nSPS) is 25.7. The van der Waals surface area contributed by atoms with E-state index < -0.39 is 0 Å². The molecule has 0 saturated carbocycles. The van der Waals surface area contributed by atoms with E-state index in [2.05, 4.69) is 5.32 Å². The molecular formula is C15H23N3O2S. The number of amides is 1. The zero-order valence-electron chi connectivity index (χ0n) is 12.7. The summed E-state index contributed by atoms with van der Waals surface area (Å²) < 4.78 is 1.62. The van der Waals surface area contributed by atoms with E-state index in [1.807, 2.05) is 18.7 Å². The third kappa shape index (κ3) is 2.92. The highest BCUT2D eigenvalue weighted by atomic mass is 32.1. The number of aromatic nitrogens is 1. The molecule has 2 saturated heterocycles. The summed E-state index contributed by atoms with van der Waals surface area (Å²) in [6.45, 7) is 7.89. The summed E-state index contributed by atoms with van der Waals surface area (Å²) in [6, 6.07) is 0. The van der Waals surface area contributed by atoms with Crippen molar-refractivity contribution in [2.45, 2.75) is 33.2 Å². The number of fused-ring (bicyclic) bond motifs is 1. The van der Waals surface area contributed by atoms with Crippen molar-refractivity contribution in [3.63, 3.8) is 0 Å². The molecule has 6 heteroatoms. The summed E-state index contributed by atoms with van der Waals surface area (Å²) in [5, 5.41) is 3.45. The Morgan fingerprint density at radius 3 is 2.38 bits per heavy atom. The molecule has 1 amide bonds. The molecule has 1 aromatic rings. The molecule has 2 fully saturated rings. The lowest BCUT2D eigenvalue weighted by molar-refractivity contribution is -0.131. The molecule has 0 unspecified atom stereocenters. The topological polar surface area (TPSA) is 54.3 Å². The van der Waals surface area contributed by atoms with Crippen LogP contribution in [0, 0.1) is 25.7 Å². The van der Waals surface area contributed by atoms with Gasteiger partial charge in [-0.1, -0.05) is 11.3 Å². The number of hydrogen-bond donors (Lipinski definition) is 1. The molecule has 0 bridgehead atoms. The molecule has 21 heavy (non-hydrogen) atoms. The number of aryl methyl sites for hydroxylation is 1. The van der Waals surface area contributed by atoms with Gasteiger partial charge in [-0.3, -0.25) is 14.2 Å². The third-order valence-electron chi connectivity index (χ3n) is 5.04. The van der Waals surface area contributed by atoms with Crippen molar-refractivity contribution in [1.82, 2.24) is 14.8 Å². The number of carbonyl (C=O) groups excluding carboxylic acids is 1. The average molecular weight is 309 g/mol. The lowest BCUT2D eigenvalue weighted by Crippen LogP contribution is -2.37. The molecule has 0 spiro atoms. The molecule has 0 aromatic carbocycles. The van der Waals surface area contributed by atoms with Gasteiger partial charge in [0.05, 0.1) is 0 Å². The highest BCUT2D eigenvalue weighted by Crippen LogP contribution is 2.27. The summed E-state index contributed by atoms with van der Waals surface area (Å²) in [6.07, 6.45) is 2.17. The van der Waals surface area contributed by atoms with Crippen LogP contribution >= 0.6 is 11.3 Å². The maximum Gasteiger partial charge on any atom is 0.308 e. The molecule has 116 valence electrons. The van der Waals surface area contributed by atoms with Crippen molar-refractivity contribution >= 4 is 17.2 Å². The number of hydrogen-bond acceptors (Lipinski definition) is 4. The largest absolute Gasteiger partial charge is 0.341 e. The van der Waals surface area contributed by atoms with E-state index in [-0.39, 0.29) is 17.3 Å². The van der Waals surface area contributed by atoms with Crippen LogP contribution in [0.15, 0.2) is 4.79 Å². The van der Waals surface area contributed by atoms with Crippen LogP contribution in [0.3, 0.4) is 0 Å². The fraction of sp³-hybridized carbons (Fsp3) is 0.733. The van der Waals surface area contributed by atoms with Crippen molar-refractivity contribution in [2.75, 3.05) is 26.2 Å². The Bertz CT molecular complexity index is 578. The highest BCUT2D eigenvalue weighted by molar-refractivity contribution is 7.09. The average Bonchev–Trinajstić information content (AvgIpc) is 2.92. The fourth-order valence-corrected chi connectivity index (χ4v) is 4.30. The standard InChI is InChI=1S/C15H23N3O2S/c1-10-11(2)21-15(20)18(10)9-14(19)17-5-3-12-7-16-8-13(12)4-6-17/h12-13,16H,3-9H2,1-2H3/t12-,13+. The van der Waals surface area contributed by atoms with Gasteiger partial charge < -0.3 is 10.2 Å². The highest BCUT2D eigenvalue weighted by Gasteiger charge is 2.31. The first-order valence-electron chi connectivity index (χ1n) is 7.71. The summed E-state index contributed by atoms with van der Waals surface area (Å²) in [7, 11) is 0. The summed E-state index contributed by atoms with van der Waals surface area (Å²) in [4.78, 5) is 27.4. The van der Waals surface area contributed by atoms with E-state index in [1.165, 1.54) is 11.3 Å². The van der Waals surface area contributed by atoms with Crippen molar-refractivity contribution in [2.24, 2.45) is 11.8 Å². The van der Waals surface area contributed by atoms with E-state index in [9.17, 15) is 9.59 Å². The maximum absolute atomic E-state index is 12.5. The minimum atomic E-state index is -0.0192. The van der Waals surface area contributed by atoms with Crippen molar-refractivity contribution in [3.8, 4) is 0 Å². The Morgan fingerprint density at radius 1 is 1.24 bits per heavy atom. The third-order valence-corrected chi connectivity index (χ3v) is 6.04. The second-order valence-corrected chi connectivity index (χ2v) is 7.40. The van der Waals surface area contributed by atoms with Crippen molar-refractivity contribution < 1.29 is 4.79 Å². The Balaban J connectivity index is 1.67. The lowest BCUT2D eigenvalue weighted by atomic mass is 9.92. The van der Waals surface area contributed by atoms with Crippen molar-refractivity contribution in [1.29, 1.82) is 0 Å². The second-order valence-electron chi connectivity index (χ2n) is 6.23. The number of nitrogens with one attached hydrogen (secondary N) is 1. The molecule has 5 nitrogen and oxygen atoms in total. The molecule has 2 atom stereocenters. The zero-order valence-corrected chi connectivity index (χ0v) is 13.5. The molecule has 3 heterocycles. The van der Waals surface area contributed by atoms with Crippen LogP contribution in [0.1, 0.15) is 23.4 Å². The Hall–Kier alpha value is -1.14. The first-order chi connectivity index (χ1) is 10.1. The Labute approximate surface area is 129 Å². The van der Waals surface area contributed by atoms with Crippen LogP contribution in [-0.2, 0) is 11.3 Å². The number of nitrogens with zero attached hydrogens (tertiary/aromatic N) is 2. The number of likely N-dealkylation sites (tertiary alicyclic amines) is 1. The minimum Gasteiger partial charge on any atom is -0.341 e. The smallest absolute Gasteiger partial charge is 0.308 e. The molecule has 3 rings (SSSR count). The molecule has 2 aliphatic rings. The van der Waals surface area contributed by atoms with Gasteiger partial charge in [0, 0.05) is 23.7 Å². The van der Waals surface area contributed by atoms with E-state index >= 15 is 0 Å². The summed E-state index contributed by atoms with van der Waals surface area (Å²) in [5.74, 6) is 1.53. The molecule has 2 aliphatic heterocycles. The van der Waals surface area contributed by atoms with Gasteiger partial charge in [0.2, 0.25) is 5.91 Å². The first kappa shape index (κ1) is 14.8. The van der Waals surface area contributed by atoms with Gasteiger partial charge in [-0.2, -0.15) is 0 Å². The van der Waals surface area contributed by atoms with Crippen LogP contribution in [0.2, 0.25) is 0 Å². The predicted octanol–water partition coefficient (Wildman–Crippen LogP) is 0.985. The summed E-state index contributed by atoms with van der Waals surface area (Å²) in [5.41, 5.74) is 0.925. The summed E-state index contributed by atoms with van der Waals surface area (Å²) >= 11 is 1.23. The van der Waals surface area contributed by atoms with E-state index in [0.717, 1.165) is 61.4 Å². The van der Waals surface area contributed by atoms with Crippen LogP contribution < -0.4 is 10.2 Å². The number of rotatable bonds is 2. The quantitative estimate of drug-likeness (QED) is 0.886. The van der Waals surface area contributed by atoms with Gasteiger partial charge in [-0.05, 0) is 51.6 Å².